The van der Waals surface area contributed by atoms with E-state index >= 15 is 0 Å². The van der Waals surface area contributed by atoms with Crippen LogP contribution in [-0.4, -0.2) is 9.97 Å². The van der Waals surface area contributed by atoms with Crippen molar-refractivity contribution in [1.82, 2.24) is 9.97 Å². The molecule has 1 heterocycles. The molecule has 1 aromatic heterocycles. The van der Waals surface area contributed by atoms with Crippen molar-refractivity contribution < 1.29 is 4.74 Å². The van der Waals surface area contributed by atoms with Crippen molar-refractivity contribution in [2.75, 3.05) is 0 Å². The summed E-state index contributed by atoms with van der Waals surface area (Å²) in [5, 5.41) is 0.513. The molecule has 3 aromatic rings. The third-order valence-corrected chi connectivity index (χ3v) is 3.09. The molecule has 5 heteroatoms. The molecule has 0 bridgehead atoms. The van der Waals surface area contributed by atoms with Gasteiger partial charge in [-0.2, -0.15) is 0 Å². The number of hydrogen-bond acceptors (Lipinski definition) is 3. The number of fused-ring (bicyclic) bond motifs is 1. The summed E-state index contributed by atoms with van der Waals surface area (Å²) < 4.78 is 5.71. The number of rotatable bonds is 3. The summed E-state index contributed by atoms with van der Waals surface area (Å²) in [6.07, 6.45) is 0. The average Bonchev–Trinajstić information content (AvgIpc) is 2.48. The summed E-state index contributed by atoms with van der Waals surface area (Å²) in [7, 11) is 0. The molecule has 0 amide bonds. The van der Waals surface area contributed by atoms with Crippen LogP contribution in [0, 0.1) is 0 Å². The van der Waals surface area contributed by atoms with E-state index in [1.54, 1.807) is 18.2 Å². The molecule has 20 heavy (non-hydrogen) atoms. The van der Waals surface area contributed by atoms with Crippen LogP contribution in [-0.2, 0) is 5.88 Å². The van der Waals surface area contributed by atoms with Gasteiger partial charge in [0.15, 0.2) is 0 Å². The van der Waals surface area contributed by atoms with Gasteiger partial charge in [0.05, 0.1) is 16.8 Å². The second-order valence-corrected chi connectivity index (χ2v) is 4.51. The molecule has 3 rings (SSSR count). The first-order valence-corrected chi connectivity index (χ1v) is 6.61. The molecule has 0 saturated carbocycles. The van der Waals surface area contributed by atoms with Crippen LogP contribution < -0.4 is 10.3 Å². The van der Waals surface area contributed by atoms with Gasteiger partial charge in [-0.15, -0.1) is 11.6 Å². The molecule has 0 atom stereocenters. The molecule has 0 aliphatic rings. The number of aromatic amines is 1. The molecule has 0 aliphatic carbocycles. The van der Waals surface area contributed by atoms with E-state index in [4.69, 9.17) is 16.3 Å². The Labute approximate surface area is 120 Å². The Morgan fingerprint density at radius 2 is 1.90 bits per heavy atom. The van der Waals surface area contributed by atoms with E-state index in [1.165, 1.54) is 0 Å². The van der Waals surface area contributed by atoms with Gasteiger partial charge in [-0.25, -0.2) is 4.98 Å². The van der Waals surface area contributed by atoms with Crippen LogP contribution in [0.15, 0.2) is 53.3 Å². The van der Waals surface area contributed by atoms with Crippen LogP contribution in [0.1, 0.15) is 5.82 Å². The smallest absolute Gasteiger partial charge is 0.258 e. The normalized spacial score (nSPS) is 10.7. The second kappa shape index (κ2) is 5.35. The van der Waals surface area contributed by atoms with Crippen molar-refractivity contribution in [1.29, 1.82) is 0 Å². The Morgan fingerprint density at radius 1 is 1.10 bits per heavy atom. The number of nitrogens with zero attached hydrogens (tertiary/aromatic N) is 1. The number of aromatic nitrogens is 2. The molecule has 0 unspecified atom stereocenters. The van der Waals surface area contributed by atoms with E-state index in [0.29, 0.717) is 22.5 Å². The van der Waals surface area contributed by atoms with Gasteiger partial charge in [-0.3, -0.25) is 4.79 Å². The number of benzene rings is 2. The monoisotopic (exact) mass is 286 g/mol. The highest BCUT2D eigenvalue weighted by atomic mass is 35.5. The van der Waals surface area contributed by atoms with E-state index in [-0.39, 0.29) is 11.4 Å². The number of para-hydroxylation sites is 1. The number of ether oxygens (including phenoxy) is 1. The molecular weight excluding hydrogens is 276 g/mol. The van der Waals surface area contributed by atoms with E-state index in [0.717, 1.165) is 5.75 Å². The maximum absolute atomic E-state index is 11.8. The lowest BCUT2D eigenvalue weighted by molar-refractivity contribution is 0.483. The Morgan fingerprint density at radius 3 is 2.65 bits per heavy atom. The van der Waals surface area contributed by atoms with Gasteiger partial charge < -0.3 is 9.72 Å². The number of hydrogen-bond donors (Lipinski definition) is 1. The van der Waals surface area contributed by atoms with Crippen molar-refractivity contribution >= 4 is 22.5 Å². The summed E-state index contributed by atoms with van der Waals surface area (Å²) >= 11 is 5.70. The molecule has 100 valence electrons. The van der Waals surface area contributed by atoms with E-state index in [1.807, 2.05) is 30.3 Å². The van der Waals surface area contributed by atoms with Crippen molar-refractivity contribution in [2.24, 2.45) is 0 Å². The van der Waals surface area contributed by atoms with E-state index in [2.05, 4.69) is 9.97 Å². The first kappa shape index (κ1) is 12.7. The largest absolute Gasteiger partial charge is 0.457 e. The average molecular weight is 287 g/mol. The zero-order valence-electron chi connectivity index (χ0n) is 10.5. The van der Waals surface area contributed by atoms with E-state index < -0.39 is 0 Å². The van der Waals surface area contributed by atoms with Crippen LogP contribution in [0.3, 0.4) is 0 Å². The van der Waals surface area contributed by atoms with Crippen LogP contribution in [0.5, 0.6) is 11.5 Å². The van der Waals surface area contributed by atoms with Gasteiger partial charge in [-0.05, 0) is 24.3 Å². The molecule has 2 aromatic carbocycles. The molecule has 0 spiro atoms. The Bertz CT molecular complexity index is 800. The van der Waals surface area contributed by atoms with Gasteiger partial charge in [0.2, 0.25) is 0 Å². The van der Waals surface area contributed by atoms with Crippen molar-refractivity contribution in [3.05, 3.63) is 64.7 Å². The third-order valence-electron chi connectivity index (χ3n) is 2.83. The standard InChI is InChI=1S/C15H11ClN2O2/c16-9-14-17-13-8-11(6-7-12(13)15(19)18-14)20-10-4-2-1-3-5-10/h1-8H,9H2,(H,17,18,19). The second-order valence-electron chi connectivity index (χ2n) is 4.24. The maximum Gasteiger partial charge on any atom is 0.258 e. The van der Waals surface area contributed by atoms with Crippen LogP contribution >= 0.6 is 11.6 Å². The third kappa shape index (κ3) is 2.51. The predicted molar refractivity (Wildman–Crippen MR) is 78.4 cm³/mol. The zero-order chi connectivity index (χ0) is 13.9. The lowest BCUT2D eigenvalue weighted by Gasteiger charge is -2.06. The van der Waals surface area contributed by atoms with Gasteiger partial charge in [0, 0.05) is 6.07 Å². The SMILES string of the molecule is O=c1[nH]c(CCl)nc2cc(Oc3ccccc3)ccc12. The molecule has 0 saturated heterocycles. The lowest BCUT2D eigenvalue weighted by Crippen LogP contribution is -2.10. The fraction of sp³-hybridized carbons (Fsp3) is 0.0667. The summed E-state index contributed by atoms with van der Waals surface area (Å²) in [4.78, 5) is 18.8. The fourth-order valence-corrected chi connectivity index (χ4v) is 2.05. The number of H-pyrrole nitrogens is 1. The predicted octanol–water partition coefficient (Wildman–Crippen LogP) is 3.45. The molecular formula is C15H11ClN2O2. The van der Waals surface area contributed by atoms with Crippen LogP contribution in [0.4, 0.5) is 0 Å². The molecule has 0 aliphatic heterocycles. The minimum atomic E-state index is -0.197. The minimum absolute atomic E-state index is 0.162. The highest BCUT2D eigenvalue weighted by Gasteiger charge is 2.05. The fourth-order valence-electron chi connectivity index (χ4n) is 1.92. The van der Waals surface area contributed by atoms with Crippen LogP contribution in [0.25, 0.3) is 10.9 Å². The first-order chi connectivity index (χ1) is 9.76. The molecule has 0 fully saturated rings. The lowest BCUT2D eigenvalue weighted by atomic mass is 10.2. The van der Waals surface area contributed by atoms with E-state index in [9.17, 15) is 4.79 Å². The van der Waals surface area contributed by atoms with Crippen LogP contribution in [0.2, 0.25) is 0 Å². The Kier molecular flexibility index (Phi) is 3.39. The minimum Gasteiger partial charge on any atom is -0.457 e. The molecule has 1 N–H and O–H groups in total. The summed E-state index contributed by atoms with van der Waals surface area (Å²) in [6.45, 7) is 0. The van der Waals surface area contributed by atoms with Gasteiger partial charge in [0.25, 0.3) is 5.56 Å². The number of nitrogens with one attached hydrogen (secondary N) is 1. The molecule has 0 radical (unpaired) electrons. The highest BCUT2D eigenvalue weighted by molar-refractivity contribution is 6.16. The number of alkyl halides is 1. The van der Waals surface area contributed by atoms with Gasteiger partial charge in [0.1, 0.15) is 17.3 Å². The summed E-state index contributed by atoms with van der Waals surface area (Å²) in [6, 6.07) is 14.6. The topological polar surface area (TPSA) is 55.0 Å². The summed E-state index contributed by atoms with van der Waals surface area (Å²) in [5.41, 5.74) is 0.370. The van der Waals surface area contributed by atoms with Crippen molar-refractivity contribution in [3.63, 3.8) is 0 Å². The molecule has 4 nitrogen and oxygen atoms in total. The Balaban J connectivity index is 2.04. The maximum atomic E-state index is 11.8. The van der Waals surface area contributed by atoms with Gasteiger partial charge in [-0.1, -0.05) is 18.2 Å². The summed E-state index contributed by atoms with van der Waals surface area (Å²) in [5.74, 6) is 1.96. The van der Waals surface area contributed by atoms with Gasteiger partial charge >= 0.3 is 0 Å². The van der Waals surface area contributed by atoms with Crippen molar-refractivity contribution in [2.45, 2.75) is 5.88 Å². The quantitative estimate of drug-likeness (QED) is 0.750. The highest BCUT2D eigenvalue weighted by Crippen LogP contribution is 2.23. The Hall–Kier alpha value is -2.33. The van der Waals surface area contributed by atoms with Crippen molar-refractivity contribution in [3.8, 4) is 11.5 Å². The first-order valence-electron chi connectivity index (χ1n) is 6.08. The number of halogens is 1. The zero-order valence-corrected chi connectivity index (χ0v) is 11.2.